The molecule has 2 heterocycles. The molecule has 1 aromatic heterocycles. The Kier molecular flexibility index (Phi) is 6.49. The first kappa shape index (κ1) is 22.7. The van der Waals surface area contributed by atoms with E-state index >= 15 is 0 Å². The van der Waals surface area contributed by atoms with E-state index in [1.54, 1.807) is 30.5 Å². The molecule has 7 nitrogen and oxygen atoms in total. The Morgan fingerprint density at radius 3 is 2.54 bits per heavy atom. The highest BCUT2D eigenvalue weighted by Crippen LogP contribution is 2.30. The molecule has 1 fully saturated rings. The van der Waals surface area contributed by atoms with Crippen LogP contribution in [0.2, 0.25) is 0 Å². The van der Waals surface area contributed by atoms with E-state index in [4.69, 9.17) is 14.5 Å². The normalized spacial score (nSPS) is 14.0. The van der Waals surface area contributed by atoms with Crippen LogP contribution in [0.3, 0.4) is 0 Å². The van der Waals surface area contributed by atoms with E-state index in [9.17, 15) is 13.6 Å². The van der Waals surface area contributed by atoms with Gasteiger partial charge >= 0.3 is 6.03 Å². The predicted molar refractivity (Wildman–Crippen MR) is 128 cm³/mol. The highest BCUT2D eigenvalue weighted by atomic mass is 19.1. The van der Waals surface area contributed by atoms with E-state index in [1.807, 2.05) is 0 Å². The third-order valence-corrected chi connectivity index (χ3v) is 5.67. The quantitative estimate of drug-likeness (QED) is 0.356. The Morgan fingerprint density at radius 1 is 0.943 bits per heavy atom. The van der Waals surface area contributed by atoms with Gasteiger partial charge in [0.15, 0.2) is 11.6 Å². The lowest BCUT2D eigenvalue weighted by atomic mass is 9.97. The molecule has 1 aliphatic rings. The fourth-order valence-corrected chi connectivity index (χ4v) is 3.91. The van der Waals surface area contributed by atoms with Gasteiger partial charge in [0.2, 0.25) is 0 Å². The average Bonchev–Trinajstić information content (AvgIpc) is 2.86. The van der Waals surface area contributed by atoms with Crippen molar-refractivity contribution in [2.45, 2.75) is 18.8 Å². The van der Waals surface area contributed by atoms with Crippen LogP contribution in [0.1, 0.15) is 24.5 Å². The summed E-state index contributed by atoms with van der Waals surface area (Å²) in [6, 6.07) is 14.0. The lowest BCUT2D eigenvalue weighted by Gasteiger charge is -2.21. The smallest absolute Gasteiger partial charge is 0.323 e. The monoisotopic (exact) mass is 476 g/mol. The van der Waals surface area contributed by atoms with Crippen LogP contribution >= 0.6 is 0 Å². The summed E-state index contributed by atoms with van der Waals surface area (Å²) in [4.78, 5) is 21.5. The number of ether oxygens (including phenoxy) is 2. The van der Waals surface area contributed by atoms with Crippen molar-refractivity contribution in [1.29, 1.82) is 0 Å². The van der Waals surface area contributed by atoms with Gasteiger partial charge in [-0.05, 0) is 55.3 Å². The van der Waals surface area contributed by atoms with Gasteiger partial charge in [-0.15, -0.1) is 0 Å². The molecular weight excluding hydrogens is 454 g/mol. The number of carbonyl (C=O) groups is 1. The molecule has 0 spiro atoms. The molecule has 0 unspecified atom stereocenters. The number of fused-ring (bicyclic) bond motifs is 1. The molecule has 0 aliphatic carbocycles. The summed E-state index contributed by atoms with van der Waals surface area (Å²) in [5.74, 6) is -0.454. The number of hydrogen-bond donors (Lipinski definition) is 2. The van der Waals surface area contributed by atoms with Crippen molar-refractivity contribution < 1.29 is 23.0 Å². The van der Waals surface area contributed by atoms with Crippen LogP contribution in [-0.2, 0) is 4.74 Å². The maximum absolute atomic E-state index is 14.5. The number of urea groups is 1. The Balaban J connectivity index is 1.32. The Morgan fingerprint density at radius 2 is 1.74 bits per heavy atom. The summed E-state index contributed by atoms with van der Waals surface area (Å²) in [6.45, 7) is 1.41. The number of halogens is 2. The molecule has 178 valence electrons. The lowest BCUT2D eigenvalue weighted by molar-refractivity contribution is 0.0845. The summed E-state index contributed by atoms with van der Waals surface area (Å²) in [5, 5.41) is 5.10. The van der Waals surface area contributed by atoms with Gasteiger partial charge in [-0.2, -0.15) is 0 Å². The first-order chi connectivity index (χ1) is 17.0. The SMILES string of the molecule is O=C(Nc1cccc(F)c1)Nc1ccc(F)c(Oc2ccc3ncc(C4CCOCC4)nc3c2)c1. The van der Waals surface area contributed by atoms with E-state index in [-0.39, 0.29) is 5.75 Å². The number of nitrogens with one attached hydrogen (secondary N) is 2. The summed E-state index contributed by atoms with van der Waals surface area (Å²) in [6.07, 6.45) is 3.59. The third-order valence-electron chi connectivity index (χ3n) is 5.67. The number of amides is 2. The number of carbonyl (C=O) groups excluding carboxylic acids is 1. The van der Waals surface area contributed by atoms with E-state index in [1.165, 1.54) is 36.4 Å². The van der Waals surface area contributed by atoms with E-state index in [2.05, 4.69) is 15.6 Å². The summed E-state index contributed by atoms with van der Waals surface area (Å²) in [7, 11) is 0. The third kappa shape index (κ3) is 5.52. The molecule has 1 saturated heterocycles. The molecule has 35 heavy (non-hydrogen) atoms. The lowest BCUT2D eigenvalue weighted by Crippen LogP contribution is -2.19. The standard InChI is InChI=1S/C26H22F2N4O3/c27-17-2-1-3-18(12-17)30-26(33)31-19-4-6-21(28)25(13-19)35-20-5-7-22-23(14-20)32-24(15-29-22)16-8-10-34-11-9-16/h1-7,12-16H,8-11H2,(H2,30,31,33). The Bertz CT molecular complexity index is 1380. The number of benzene rings is 3. The number of hydrogen-bond acceptors (Lipinski definition) is 5. The van der Waals surface area contributed by atoms with E-state index in [0.29, 0.717) is 47.3 Å². The molecule has 9 heteroatoms. The minimum atomic E-state index is -0.602. The molecule has 0 bridgehead atoms. The molecule has 5 rings (SSSR count). The zero-order chi connectivity index (χ0) is 24.2. The van der Waals surface area contributed by atoms with Crippen molar-refractivity contribution in [1.82, 2.24) is 9.97 Å². The minimum absolute atomic E-state index is 0.0681. The molecule has 0 radical (unpaired) electrons. The summed E-state index contributed by atoms with van der Waals surface area (Å²) in [5.41, 5.74) is 2.85. The highest BCUT2D eigenvalue weighted by molar-refractivity contribution is 5.99. The molecule has 0 atom stereocenters. The molecule has 2 amide bonds. The van der Waals surface area contributed by atoms with Gasteiger partial charge in [0.25, 0.3) is 0 Å². The van der Waals surface area contributed by atoms with Crippen LogP contribution in [0, 0.1) is 11.6 Å². The molecule has 2 N–H and O–H groups in total. The van der Waals surface area contributed by atoms with Crippen molar-refractivity contribution in [2.75, 3.05) is 23.8 Å². The number of aromatic nitrogens is 2. The van der Waals surface area contributed by atoms with Gasteiger partial charge in [-0.1, -0.05) is 6.07 Å². The van der Waals surface area contributed by atoms with Gasteiger partial charge in [-0.3, -0.25) is 4.98 Å². The highest BCUT2D eigenvalue weighted by Gasteiger charge is 2.18. The molecule has 0 saturated carbocycles. The van der Waals surface area contributed by atoms with E-state index in [0.717, 1.165) is 18.5 Å². The molecule has 1 aliphatic heterocycles. The van der Waals surface area contributed by atoms with Crippen LogP contribution in [0.5, 0.6) is 11.5 Å². The van der Waals surface area contributed by atoms with Crippen LogP contribution in [0.4, 0.5) is 25.0 Å². The fourth-order valence-electron chi connectivity index (χ4n) is 3.91. The summed E-state index contributed by atoms with van der Waals surface area (Å²) >= 11 is 0. The molecular formula is C26H22F2N4O3. The number of anilines is 2. The Hall–Kier alpha value is -4.11. The first-order valence-electron chi connectivity index (χ1n) is 11.2. The van der Waals surface area contributed by atoms with E-state index < -0.39 is 17.7 Å². The summed E-state index contributed by atoms with van der Waals surface area (Å²) < 4.78 is 39.0. The second kappa shape index (κ2) is 10.0. The van der Waals surface area contributed by atoms with Crippen molar-refractivity contribution in [3.05, 3.63) is 84.2 Å². The van der Waals surface area contributed by atoms with Crippen molar-refractivity contribution >= 4 is 28.4 Å². The van der Waals surface area contributed by atoms with Gasteiger partial charge in [0, 0.05) is 48.8 Å². The second-order valence-corrected chi connectivity index (χ2v) is 8.17. The fraction of sp³-hybridized carbons (Fsp3) is 0.192. The maximum atomic E-state index is 14.5. The maximum Gasteiger partial charge on any atom is 0.323 e. The van der Waals surface area contributed by atoms with Crippen molar-refractivity contribution in [3.8, 4) is 11.5 Å². The first-order valence-corrected chi connectivity index (χ1v) is 11.2. The van der Waals surface area contributed by atoms with Gasteiger partial charge in [0.1, 0.15) is 11.6 Å². The zero-order valence-electron chi connectivity index (χ0n) is 18.6. The van der Waals surface area contributed by atoms with Gasteiger partial charge < -0.3 is 20.1 Å². The Labute approximate surface area is 200 Å². The van der Waals surface area contributed by atoms with Crippen LogP contribution in [0.15, 0.2) is 66.9 Å². The number of nitrogens with zero attached hydrogens (tertiary/aromatic N) is 2. The van der Waals surface area contributed by atoms with Crippen LogP contribution in [0.25, 0.3) is 11.0 Å². The van der Waals surface area contributed by atoms with Crippen molar-refractivity contribution in [3.63, 3.8) is 0 Å². The largest absolute Gasteiger partial charge is 0.454 e. The van der Waals surface area contributed by atoms with Gasteiger partial charge in [0.05, 0.1) is 16.7 Å². The predicted octanol–water partition coefficient (Wildman–Crippen LogP) is 6.24. The topological polar surface area (TPSA) is 85.4 Å². The van der Waals surface area contributed by atoms with Crippen LogP contribution < -0.4 is 15.4 Å². The molecule has 4 aromatic rings. The van der Waals surface area contributed by atoms with Crippen LogP contribution in [-0.4, -0.2) is 29.2 Å². The molecule has 3 aromatic carbocycles. The van der Waals surface area contributed by atoms with Gasteiger partial charge in [-0.25, -0.2) is 18.6 Å². The zero-order valence-corrected chi connectivity index (χ0v) is 18.6. The van der Waals surface area contributed by atoms with Crippen molar-refractivity contribution in [2.24, 2.45) is 0 Å². The average molecular weight is 476 g/mol. The second-order valence-electron chi connectivity index (χ2n) is 8.17. The minimum Gasteiger partial charge on any atom is -0.454 e. The number of rotatable bonds is 5.